The SMILES string of the molecule is CCO[C@@H]1C[C@@H](OC(C)=O)C(Sc2ccccc2)=C(COC(=O)N(C)C)O1. The highest BCUT2D eigenvalue weighted by Gasteiger charge is 2.34. The molecule has 1 aliphatic heterocycles. The molecule has 0 aliphatic carbocycles. The number of esters is 1. The fraction of sp³-hybridized carbons (Fsp3) is 0.474. The maximum atomic E-state index is 11.8. The molecule has 0 N–H and O–H groups in total. The van der Waals surface area contributed by atoms with E-state index in [4.69, 9.17) is 18.9 Å². The molecule has 0 aromatic heterocycles. The van der Waals surface area contributed by atoms with Crippen molar-refractivity contribution < 1.29 is 28.5 Å². The molecule has 1 aromatic carbocycles. The van der Waals surface area contributed by atoms with Gasteiger partial charge in [-0.25, -0.2) is 4.79 Å². The Balaban J connectivity index is 2.32. The van der Waals surface area contributed by atoms with E-state index in [1.165, 1.54) is 23.6 Å². The van der Waals surface area contributed by atoms with Crippen LogP contribution in [0.2, 0.25) is 0 Å². The first-order valence-corrected chi connectivity index (χ1v) is 9.47. The van der Waals surface area contributed by atoms with Gasteiger partial charge in [-0.05, 0) is 19.1 Å². The molecule has 0 unspecified atom stereocenters. The summed E-state index contributed by atoms with van der Waals surface area (Å²) in [6.07, 6.45) is -1.23. The van der Waals surface area contributed by atoms with Crippen LogP contribution in [0.25, 0.3) is 0 Å². The second kappa shape index (κ2) is 10.2. The van der Waals surface area contributed by atoms with Crippen molar-refractivity contribution in [2.45, 2.75) is 37.6 Å². The largest absolute Gasteiger partial charge is 0.464 e. The Morgan fingerprint density at radius 2 is 1.96 bits per heavy atom. The molecular weight excluding hydrogens is 370 g/mol. The number of carbonyl (C=O) groups excluding carboxylic acids is 2. The number of nitrogens with zero attached hydrogens (tertiary/aromatic N) is 1. The van der Waals surface area contributed by atoms with Gasteiger partial charge in [0, 0.05) is 32.5 Å². The van der Waals surface area contributed by atoms with Crippen molar-refractivity contribution in [3.63, 3.8) is 0 Å². The van der Waals surface area contributed by atoms with Crippen molar-refractivity contribution in [3.8, 4) is 0 Å². The van der Waals surface area contributed by atoms with Crippen molar-refractivity contribution >= 4 is 23.8 Å². The Hall–Kier alpha value is -2.19. The van der Waals surface area contributed by atoms with E-state index in [1.54, 1.807) is 14.1 Å². The third kappa shape index (κ3) is 6.48. The van der Waals surface area contributed by atoms with E-state index >= 15 is 0 Å². The van der Waals surface area contributed by atoms with Crippen LogP contribution in [0, 0.1) is 0 Å². The van der Waals surface area contributed by atoms with Gasteiger partial charge < -0.3 is 23.8 Å². The Bertz CT molecular complexity index is 676. The summed E-state index contributed by atoms with van der Waals surface area (Å²) in [6, 6.07) is 9.65. The van der Waals surface area contributed by atoms with Gasteiger partial charge in [-0.3, -0.25) is 4.79 Å². The molecule has 0 radical (unpaired) electrons. The summed E-state index contributed by atoms with van der Waals surface area (Å²) < 4.78 is 22.3. The standard InChI is InChI=1S/C19H25NO6S/c1-5-23-17-11-15(25-13(2)21)18(27-14-9-7-6-8-10-14)16(26-17)12-24-19(22)20(3)4/h6-10,15,17H,5,11-12H2,1-4H3/t15-,17+/m1/s1. The van der Waals surface area contributed by atoms with Gasteiger partial charge in [-0.1, -0.05) is 30.0 Å². The molecule has 0 fully saturated rings. The number of thioether (sulfide) groups is 1. The summed E-state index contributed by atoms with van der Waals surface area (Å²) in [6.45, 7) is 3.59. The molecular formula is C19H25NO6S. The minimum atomic E-state index is -0.576. The van der Waals surface area contributed by atoms with E-state index in [9.17, 15) is 9.59 Å². The van der Waals surface area contributed by atoms with Crippen LogP contribution in [0.4, 0.5) is 4.79 Å². The first-order valence-electron chi connectivity index (χ1n) is 8.66. The normalized spacial score (nSPS) is 19.3. The minimum absolute atomic E-state index is 0.0759. The third-order valence-corrected chi connectivity index (χ3v) is 4.79. The molecule has 1 amide bonds. The van der Waals surface area contributed by atoms with E-state index in [2.05, 4.69) is 0 Å². The Kier molecular flexibility index (Phi) is 7.99. The fourth-order valence-electron chi connectivity index (χ4n) is 2.42. The smallest absolute Gasteiger partial charge is 0.409 e. The van der Waals surface area contributed by atoms with Crippen LogP contribution in [-0.4, -0.2) is 56.7 Å². The number of benzene rings is 1. The van der Waals surface area contributed by atoms with E-state index in [-0.39, 0.29) is 6.61 Å². The topological polar surface area (TPSA) is 74.3 Å². The molecule has 0 bridgehead atoms. The van der Waals surface area contributed by atoms with Gasteiger partial charge in [0.1, 0.15) is 6.10 Å². The molecule has 8 heteroatoms. The maximum Gasteiger partial charge on any atom is 0.409 e. The van der Waals surface area contributed by atoms with Crippen LogP contribution < -0.4 is 0 Å². The van der Waals surface area contributed by atoms with Crippen molar-refractivity contribution in [2.75, 3.05) is 27.3 Å². The molecule has 1 aromatic rings. The second-order valence-electron chi connectivity index (χ2n) is 5.99. The predicted octanol–water partition coefficient (Wildman–Crippen LogP) is 3.40. The van der Waals surface area contributed by atoms with Crippen LogP contribution in [0.5, 0.6) is 0 Å². The molecule has 1 heterocycles. The molecule has 7 nitrogen and oxygen atoms in total. The number of carbonyl (C=O) groups is 2. The minimum Gasteiger partial charge on any atom is -0.464 e. The summed E-state index contributed by atoms with van der Waals surface area (Å²) >= 11 is 1.42. The lowest BCUT2D eigenvalue weighted by Crippen LogP contribution is -2.35. The van der Waals surface area contributed by atoms with Crippen LogP contribution in [0.15, 0.2) is 45.9 Å². The molecule has 0 saturated heterocycles. The van der Waals surface area contributed by atoms with Gasteiger partial charge in [0.2, 0.25) is 6.29 Å². The second-order valence-corrected chi connectivity index (χ2v) is 7.10. The summed E-state index contributed by atoms with van der Waals surface area (Å²) in [5, 5.41) is 0. The number of hydrogen-bond donors (Lipinski definition) is 0. The van der Waals surface area contributed by atoms with Crippen LogP contribution >= 0.6 is 11.8 Å². The van der Waals surface area contributed by atoms with E-state index < -0.39 is 24.5 Å². The molecule has 1 aliphatic rings. The van der Waals surface area contributed by atoms with E-state index in [1.807, 2.05) is 37.3 Å². The molecule has 2 atom stereocenters. The lowest BCUT2D eigenvalue weighted by Gasteiger charge is -2.33. The van der Waals surface area contributed by atoms with Crippen LogP contribution in [-0.2, 0) is 23.7 Å². The first-order chi connectivity index (χ1) is 12.9. The van der Waals surface area contributed by atoms with Gasteiger partial charge in [-0.2, -0.15) is 0 Å². The summed E-state index contributed by atoms with van der Waals surface area (Å²) in [5.41, 5.74) is 0. The maximum absolute atomic E-state index is 11.8. The van der Waals surface area contributed by atoms with Crippen molar-refractivity contribution in [1.82, 2.24) is 4.90 Å². The van der Waals surface area contributed by atoms with Crippen LogP contribution in [0.1, 0.15) is 20.3 Å². The van der Waals surface area contributed by atoms with Gasteiger partial charge in [0.25, 0.3) is 0 Å². The van der Waals surface area contributed by atoms with Crippen molar-refractivity contribution in [2.24, 2.45) is 0 Å². The zero-order chi connectivity index (χ0) is 19.8. The zero-order valence-corrected chi connectivity index (χ0v) is 16.8. The Morgan fingerprint density at radius 3 is 2.56 bits per heavy atom. The van der Waals surface area contributed by atoms with Gasteiger partial charge >= 0.3 is 12.1 Å². The average molecular weight is 395 g/mol. The van der Waals surface area contributed by atoms with E-state index in [0.29, 0.717) is 23.7 Å². The third-order valence-electron chi connectivity index (χ3n) is 3.57. The van der Waals surface area contributed by atoms with Gasteiger partial charge in [0.05, 0.1) is 11.3 Å². The van der Waals surface area contributed by atoms with Gasteiger partial charge in [-0.15, -0.1) is 0 Å². The fourth-order valence-corrected chi connectivity index (χ4v) is 3.46. The number of rotatable bonds is 7. The summed E-state index contributed by atoms with van der Waals surface area (Å²) in [5.74, 6) is 0.0305. The quantitative estimate of drug-likeness (QED) is 0.655. The zero-order valence-electron chi connectivity index (χ0n) is 16.0. The highest BCUT2D eigenvalue weighted by molar-refractivity contribution is 8.03. The number of ether oxygens (including phenoxy) is 4. The molecule has 0 saturated carbocycles. The highest BCUT2D eigenvalue weighted by atomic mass is 32.2. The Morgan fingerprint density at radius 1 is 1.26 bits per heavy atom. The number of hydrogen-bond acceptors (Lipinski definition) is 7. The monoisotopic (exact) mass is 395 g/mol. The first kappa shape index (κ1) is 21.1. The van der Waals surface area contributed by atoms with Crippen LogP contribution in [0.3, 0.4) is 0 Å². The molecule has 0 spiro atoms. The molecule has 148 valence electrons. The summed E-state index contributed by atoms with van der Waals surface area (Å²) in [7, 11) is 3.20. The molecule has 2 rings (SSSR count). The van der Waals surface area contributed by atoms with E-state index in [0.717, 1.165) is 4.90 Å². The lowest BCUT2D eigenvalue weighted by molar-refractivity contribution is -0.164. The van der Waals surface area contributed by atoms with Gasteiger partial charge in [0.15, 0.2) is 12.4 Å². The van der Waals surface area contributed by atoms with Crippen molar-refractivity contribution in [3.05, 3.63) is 41.0 Å². The summed E-state index contributed by atoms with van der Waals surface area (Å²) in [4.78, 5) is 26.4. The lowest BCUT2D eigenvalue weighted by atomic mass is 10.1. The highest BCUT2D eigenvalue weighted by Crippen LogP contribution is 2.39. The number of amides is 1. The molecule has 27 heavy (non-hydrogen) atoms. The van der Waals surface area contributed by atoms with Crippen molar-refractivity contribution in [1.29, 1.82) is 0 Å². The Labute approximate surface area is 163 Å². The average Bonchev–Trinajstić information content (AvgIpc) is 2.62. The predicted molar refractivity (Wildman–Crippen MR) is 101 cm³/mol.